The van der Waals surface area contributed by atoms with Crippen molar-refractivity contribution in [1.29, 1.82) is 0 Å². The van der Waals surface area contributed by atoms with E-state index in [1.807, 2.05) is 0 Å². The molecule has 1 aromatic rings. The van der Waals surface area contributed by atoms with Crippen molar-refractivity contribution in [2.24, 2.45) is 4.99 Å². The Balaban J connectivity index is 2.13. The van der Waals surface area contributed by atoms with Crippen LogP contribution in [0.25, 0.3) is 0 Å². The van der Waals surface area contributed by atoms with E-state index in [9.17, 15) is 49.5 Å². The first-order chi connectivity index (χ1) is 21.8. The SMILES string of the molecule is O=C(O)CC(CC(=O)NCC(O)C[N+]1(CC(=O)O)CCNCCN(CC(=O)O)CCN(CC(=O)O)CC1)c1ccc(N=C=S)cc1. The number of rotatable bonds is 16. The van der Waals surface area contributed by atoms with Crippen molar-refractivity contribution in [3.63, 3.8) is 0 Å². The van der Waals surface area contributed by atoms with Gasteiger partial charge in [-0.2, -0.15) is 4.99 Å². The minimum atomic E-state index is -1.17. The number of hydrogen-bond donors (Lipinski definition) is 7. The summed E-state index contributed by atoms with van der Waals surface area (Å²) in [6.07, 6.45) is -1.64. The molecule has 16 nitrogen and oxygen atoms in total. The zero-order valence-electron chi connectivity index (χ0n) is 25.5. The van der Waals surface area contributed by atoms with E-state index in [0.29, 0.717) is 37.4 Å². The lowest BCUT2D eigenvalue weighted by molar-refractivity contribution is -0.922. The van der Waals surface area contributed by atoms with Crippen LogP contribution in [0.15, 0.2) is 29.3 Å². The van der Waals surface area contributed by atoms with Crippen LogP contribution in [0.2, 0.25) is 0 Å². The van der Waals surface area contributed by atoms with Gasteiger partial charge in [0.2, 0.25) is 5.91 Å². The molecule has 0 bridgehead atoms. The average molecular weight is 668 g/mol. The molecule has 0 aromatic heterocycles. The van der Waals surface area contributed by atoms with Gasteiger partial charge in [-0.1, -0.05) is 12.1 Å². The fraction of sp³-hybridized carbons (Fsp3) is 0.586. The fourth-order valence-corrected chi connectivity index (χ4v) is 5.58. The Labute approximate surface area is 271 Å². The number of nitrogens with one attached hydrogen (secondary N) is 2. The first-order valence-electron chi connectivity index (χ1n) is 14.8. The van der Waals surface area contributed by atoms with Crippen LogP contribution in [0.4, 0.5) is 5.69 Å². The van der Waals surface area contributed by atoms with E-state index >= 15 is 0 Å². The molecule has 0 spiro atoms. The summed E-state index contributed by atoms with van der Waals surface area (Å²) in [5.74, 6) is -5.44. The van der Waals surface area contributed by atoms with E-state index < -0.39 is 41.8 Å². The van der Waals surface area contributed by atoms with Gasteiger partial charge in [0.05, 0.1) is 43.4 Å². The first-order valence-corrected chi connectivity index (χ1v) is 15.2. The number of carbonyl (C=O) groups excluding carboxylic acids is 1. The van der Waals surface area contributed by atoms with Crippen molar-refractivity contribution in [3.05, 3.63) is 29.8 Å². The molecule has 7 N–H and O–H groups in total. The molecule has 1 heterocycles. The number of isothiocyanates is 1. The number of carboxylic acids is 4. The number of aliphatic carboxylic acids is 4. The summed E-state index contributed by atoms with van der Waals surface area (Å²) in [5, 5.41) is 56.9. The number of nitrogens with zero attached hydrogens (tertiary/aromatic N) is 4. The molecule has 0 aliphatic carbocycles. The zero-order chi connectivity index (χ0) is 34.1. The number of aliphatic imine (C=N–C) groups is 1. The standard InChI is InChI=1S/C29H42N6O10S/c36-24(15-31-25(37)13-22(14-26(38)39)21-1-3-23(4-2-21)32-20-46)18-35(19-29(44)45)11-6-30-5-7-33(16-27(40)41)8-9-34(10-12-35)17-28(42)43/h1-4,22,24,30,36H,5-19H2,(H4-,31,37,38,39,40,41,42,43,44,45)/p+1. The Morgan fingerprint density at radius 2 is 1.50 bits per heavy atom. The summed E-state index contributed by atoms with van der Waals surface area (Å²) < 4.78 is -0.105. The minimum Gasteiger partial charge on any atom is -0.481 e. The molecule has 1 aliphatic rings. The van der Waals surface area contributed by atoms with Crippen LogP contribution >= 0.6 is 12.2 Å². The van der Waals surface area contributed by atoms with Gasteiger partial charge in [0.25, 0.3) is 0 Å². The third kappa shape index (κ3) is 15.0. The van der Waals surface area contributed by atoms with Crippen LogP contribution in [0.1, 0.15) is 24.3 Å². The van der Waals surface area contributed by atoms with E-state index in [4.69, 9.17) is 0 Å². The molecule has 2 rings (SSSR count). The molecule has 46 heavy (non-hydrogen) atoms. The summed E-state index contributed by atoms with van der Waals surface area (Å²) in [6, 6.07) is 6.57. The second kappa shape index (κ2) is 19.6. The summed E-state index contributed by atoms with van der Waals surface area (Å²) in [7, 11) is 0. The topological polar surface area (TPSA) is 229 Å². The normalized spacial score (nSPS) is 19.8. The van der Waals surface area contributed by atoms with Crippen LogP contribution in [-0.2, 0) is 24.0 Å². The average Bonchev–Trinajstić information content (AvgIpc) is 2.95. The monoisotopic (exact) mass is 667 g/mol. The molecule has 1 saturated heterocycles. The first kappa shape index (κ1) is 38.4. The highest BCUT2D eigenvalue weighted by Gasteiger charge is 2.34. The van der Waals surface area contributed by atoms with E-state index in [2.05, 4.69) is 33.0 Å². The van der Waals surface area contributed by atoms with Crippen LogP contribution in [0.5, 0.6) is 0 Å². The number of hydrogen-bond acceptors (Lipinski definition) is 11. The van der Waals surface area contributed by atoms with Gasteiger partial charge in [-0.05, 0) is 29.9 Å². The molecule has 1 aliphatic heterocycles. The molecular weight excluding hydrogens is 624 g/mol. The van der Waals surface area contributed by atoms with Crippen molar-refractivity contribution in [2.75, 3.05) is 85.1 Å². The molecule has 17 heteroatoms. The van der Waals surface area contributed by atoms with Crippen LogP contribution in [0, 0.1) is 0 Å². The summed E-state index contributed by atoms with van der Waals surface area (Å²) in [4.78, 5) is 66.3. The quantitative estimate of drug-likeness (QED) is 0.0646. The third-order valence-corrected chi connectivity index (χ3v) is 7.80. The number of carboxylic acid groups (broad SMARTS) is 4. The number of aliphatic hydroxyl groups excluding tert-OH is 1. The summed E-state index contributed by atoms with van der Waals surface area (Å²) in [6.45, 7) is 1.14. The Bertz CT molecular complexity index is 1250. The third-order valence-electron chi connectivity index (χ3n) is 7.70. The van der Waals surface area contributed by atoms with Gasteiger partial charge in [-0.25, -0.2) is 4.79 Å². The molecule has 3 atom stereocenters. The van der Waals surface area contributed by atoms with Crippen LogP contribution in [0.3, 0.4) is 0 Å². The molecular formula is C29H43N6O10S+. The van der Waals surface area contributed by atoms with Crippen molar-refractivity contribution < 1.29 is 54.0 Å². The van der Waals surface area contributed by atoms with E-state index in [-0.39, 0.29) is 76.2 Å². The molecule has 1 aromatic carbocycles. The molecule has 0 radical (unpaired) electrons. The molecule has 0 saturated carbocycles. The van der Waals surface area contributed by atoms with Gasteiger partial charge in [0.15, 0.2) is 6.54 Å². The molecule has 1 amide bonds. The number of thiocarbonyl (C=S) groups is 1. The van der Waals surface area contributed by atoms with Crippen molar-refractivity contribution in [3.8, 4) is 0 Å². The van der Waals surface area contributed by atoms with Gasteiger partial charge in [0, 0.05) is 58.2 Å². The second-order valence-corrected chi connectivity index (χ2v) is 11.5. The Morgan fingerprint density at radius 1 is 0.870 bits per heavy atom. The number of quaternary nitrogens is 1. The van der Waals surface area contributed by atoms with Gasteiger partial charge in [0.1, 0.15) is 12.6 Å². The second-order valence-electron chi connectivity index (χ2n) is 11.4. The number of amides is 1. The van der Waals surface area contributed by atoms with E-state index in [1.165, 1.54) is 0 Å². The van der Waals surface area contributed by atoms with Crippen molar-refractivity contribution >= 4 is 52.9 Å². The van der Waals surface area contributed by atoms with Crippen molar-refractivity contribution in [1.82, 2.24) is 20.4 Å². The largest absolute Gasteiger partial charge is 0.481 e. The van der Waals surface area contributed by atoms with E-state index in [0.717, 1.165) is 0 Å². The highest BCUT2D eigenvalue weighted by Crippen LogP contribution is 2.26. The van der Waals surface area contributed by atoms with Gasteiger partial charge >= 0.3 is 23.9 Å². The van der Waals surface area contributed by atoms with Crippen LogP contribution < -0.4 is 10.6 Å². The molecule has 3 unspecified atom stereocenters. The Morgan fingerprint density at radius 3 is 2.07 bits per heavy atom. The maximum Gasteiger partial charge on any atom is 0.359 e. The van der Waals surface area contributed by atoms with Crippen LogP contribution in [-0.4, -0.2) is 166 Å². The maximum atomic E-state index is 12.9. The van der Waals surface area contributed by atoms with Gasteiger partial charge in [-0.3, -0.25) is 29.0 Å². The number of aliphatic hydroxyl groups is 1. The molecule has 1 fully saturated rings. The maximum absolute atomic E-state index is 12.9. The highest BCUT2D eigenvalue weighted by atomic mass is 32.1. The Hall–Kier alpha value is -3.83. The number of carbonyl (C=O) groups is 5. The lowest BCUT2D eigenvalue weighted by atomic mass is 9.92. The predicted molar refractivity (Wildman–Crippen MR) is 168 cm³/mol. The number of benzene rings is 1. The summed E-state index contributed by atoms with van der Waals surface area (Å²) >= 11 is 4.59. The lowest BCUT2D eigenvalue weighted by Gasteiger charge is -2.40. The van der Waals surface area contributed by atoms with Crippen molar-refractivity contribution in [2.45, 2.75) is 24.9 Å². The zero-order valence-corrected chi connectivity index (χ0v) is 26.4. The highest BCUT2D eigenvalue weighted by molar-refractivity contribution is 7.78. The fourth-order valence-electron chi connectivity index (χ4n) is 5.47. The van der Waals surface area contributed by atoms with Gasteiger partial charge < -0.3 is 40.6 Å². The van der Waals surface area contributed by atoms with E-state index in [1.54, 1.807) is 34.1 Å². The Kier molecular flexibility index (Phi) is 16.4. The summed E-state index contributed by atoms with van der Waals surface area (Å²) in [5.41, 5.74) is 1.14. The minimum absolute atomic E-state index is 0.0548. The molecule has 254 valence electrons. The smallest absolute Gasteiger partial charge is 0.359 e. The van der Waals surface area contributed by atoms with Gasteiger partial charge in [-0.15, -0.1) is 0 Å². The predicted octanol–water partition coefficient (Wildman–Crippen LogP) is -0.876. The lowest BCUT2D eigenvalue weighted by Crippen LogP contribution is -2.61.